The fourth-order valence-corrected chi connectivity index (χ4v) is 4.50. The highest BCUT2D eigenvalue weighted by atomic mass is 16.5. The van der Waals surface area contributed by atoms with E-state index in [1.54, 1.807) is 38.2 Å². The van der Waals surface area contributed by atoms with Crippen LogP contribution in [0.25, 0.3) is 21.9 Å². The third kappa shape index (κ3) is 4.88. The Morgan fingerprint density at radius 2 is 1.89 bits per heavy atom. The van der Waals surface area contributed by atoms with Gasteiger partial charge in [-0.15, -0.1) is 0 Å². The fraction of sp³-hybridized carbons (Fsp3) is 0.214. The first kappa shape index (κ1) is 24.8. The summed E-state index contributed by atoms with van der Waals surface area (Å²) >= 11 is 0. The predicted molar refractivity (Wildman–Crippen MR) is 143 cm³/mol. The number of fused-ring (bicyclic) bond motifs is 2. The summed E-state index contributed by atoms with van der Waals surface area (Å²) in [6.45, 7) is 0.429. The zero-order chi connectivity index (χ0) is 26.6. The first-order valence-corrected chi connectivity index (χ1v) is 12.1. The SMILES string of the molecule is CNC(=O)[C@H](Cc1c[nH]c2ccccc12)NC(=O)c1cnc2c(cnn2Cc2ccc(OC)cc2OC)c1. The molecule has 0 aliphatic heterocycles. The molecule has 1 atom stereocenters. The highest BCUT2D eigenvalue weighted by Gasteiger charge is 2.23. The van der Waals surface area contributed by atoms with E-state index < -0.39 is 11.9 Å². The molecule has 0 aliphatic rings. The van der Waals surface area contributed by atoms with Gasteiger partial charge in [0.15, 0.2) is 5.65 Å². The van der Waals surface area contributed by atoms with Crippen molar-refractivity contribution in [2.24, 2.45) is 0 Å². The van der Waals surface area contributed by atoms with E-state index in [4.69, 9.17) is 9.47 Å². The van der Waals surface area contributed by atoms with Gasteiger partial charge in [-0.2, -0.15) is 5.10 Å². The number of likely N-dealkylation sites (N-methyl/N-ethyl adjacent to an activating group) is 1. The second-order valence-corrected chi connectivity index (χ2v) is 8.82. The van der Waals surface area contributed by atoms with Crippen LogP contribution in [0.15, 0.2) is 67.1 Å². The van der Waals surface area contributed by atoms with E-state index in [1.165, 1.54) is 6.20 Å². The van der Waals surface area contributed by atoms with Crippen LogP contribution in [-0.2, 0) is 17.8 Å². The number of pyridine rings is 1. The molecule has 0 spiro atoms. The summed E-state index contributed by atoms with van der Waals surface area (Å²) in [6, 6.07) is 14.4. The van der Waals surface area contributed by atoms with Gasteiger partial charge in [-0.05, 0) is 29.8 Å². The molecule has 0 fully saturated rings. The topological polar surface area (TPSA) is 123 Å². The van der Waals surface area contributed by atoms with Crippen LogP contribution in [0.2, 0.25) is 0 Å². The van der Waals surface area contributed by atoms with Gasteiger partial charge in [-0.3, -0.25) is 9.59 Å². The molecule has 194 valence electrons. The average Bonchev–Trinajstić information content (AvgIpc) is 3.56. The maximum atomic E-state index is 13.2. The summed E-state index contributed by atoms with van der Waals surface area (Å²) in [5.74, 6) is 0.709. The molecule has 10 heteroatoms. The Kier molecular flexibility index (Phi) is 6.94. The minimum atomic E-state index is -0.757. The number of aromatic amines is 1. The third-order valence-electron chi connectivity index (χ3n) is 6.52. The van der Waals surface area contributed by atoms with E-state index in [-0.39, 0.29) is 5.91 Å². The molecule has 38 heavy (non-hydrogen) atoms. The van der Waals surface area contributed by atoms with Gasteiger partial charge >= 0.3 is 0 Å². The highest BCUT2D eigenvalue weighted by molar-refractivity contribution is 5.99. The Morgan fingerprint density at radius 3 is 2.68 bits per heavy atom. The molecule has 3 N–H and O–H groups in total. The standard InChI is InChI=1S/C28H28N6O4/c1-29-28(36)24(11-18-13-30-23-7-5-4-6-22(18)23)33-27(35)20-10-19-15-32-34(26(19)31-14-20)16-17-8-9-21(37-2)12-25(17)38-3/h4-10,12-15,24,30H,11,16H2,1-3H3,(H,29,36)(H,33,35)/t24-/m0/s1. The first-order valence-electron chi connectivity index (χ1n) is 12.1. The number of rotatable bonds is 9. The number of carbonyl (C=O) groups excluding carboxylic acids is 2. The molecule has 10 nitrogen and oxygen atoms in total. The maximum absolute atomic E-state index is 13.2. The van der Waals surface area contributed by atoms with Gasteiger partial charge < -0.3 is 25.1 Å². The maximum Gasteiger partial charge on any atom is 0.253 e. The largest absolute Gasteiger partial charge is 0.497 e. The van der Waals surface area contributed by atoms with Crippen molar-refractivity contribution in [3.05, 3.63) is 83.8 Å². The lowest BCUT2D eigenvalue weighted by atomic mass is 10.0. The minimum absolute atomic E-state index is 0.279. The number of amides is 2. The van der Waals surface area contributed by atoms with Gasteiger partial charge in [-0.1, -0.05) is 18.2 Å². The van der Waals surface area contributed by atoms with E-state index in [0.717, 1.165) is 22.0 Å². The minimum Gasteiger partial charge on any atom is -0.497 e. The lowest BCUT2D eigenvalue weighted by Crippen LogP contribution is -2.47. The van der Waals surface area contributed by atoms with Crippen LogP contribution < -0.4 is 20.1 Å². The second-order valence-electron chi connectivity index (χ2n) is 8.82. The molecular weight excluding hydrogens is 484 g/mol. The van der Waals surface area contributed by atoms with Gasteiger partial charge in [0.1, 0.15) is 17.5 Å². The smallest absolute Gasteiger partial charge is 0.253 e. The summed E-state index contributed by atoms with van der Waals surface area (Å²) in [5, 5.41) is 11.7. The Bertz CT molecular complexity index is 1620. The van der Waals surface area contributed by atoms with Crippen molar-refractivity contribution in [2.75, 3.05) is 21.3 Å². The van der Waals surface area contributed by atoms with Crippen LogP contribution in [-0.4, -0.2) is 58.9 Å². The monoisotopic (exact) mass is 512 g/mol. The number of hydrogen-bond donors (Lipinski definition) is 3. The van der Waals surface area contributed by atoms with Crippen molar-refractivity contribution >= 4 is 33.8 Å². The summed E-state index contributed by atoms with van der Waals surface area (Å²) in [7, 11) is 4.76. The second kappa shape index (κ2) is 10.6. The van der Waals surface area contributed by atoms with Crippen molar-refractivity contribution in [2.45, 2.75) is 19.0 Å². The molecule has 0 saturated heterocycles. The number of para-hydroxylation sites is 1. The number of hydrogen-bond acceptors (Lipinski definition) is 6. The Balaban J connectivity index is 1.35. The number of H-pyrrole nitrogens is 1. The fourth-order valence-electron chi connectivity index (χ4n) is 4.50. The molecule has 0 unspecified atom stereocenters. The summed E-state index contributed by atoms with van der Waals surface area (Å²) in [5.41, 5.74) is 3.79. The number of ether oxygens (including phenoxy) is 2. The van der Waals surface area contributed by atoms with Gasteiger partial charge in [0.05, 0.1) is 32.5 Å². The quantitative estimate of drug-likeness (QED) is 0.279. The summed E-state index contributed by atoms with van der Waals surface area (Å²) in [4.78, 5) is 33.5. The number of aromatic nitrogens is 4. The van der Waals surface area contributed by atoms with E-state index in [1.807, 2.05) is 48.7 Å². The molecule has 2 amide bonds. The van der Waals surface area contributed by atoms with E-state index in [2.05, 4.69) is 25.7 Å². The van der Waals surface area contributed by atoms with Crippen LogP contribution in [0.4, 0.5) is 0 Å². The predicted octanol–water partition coefficient (Wildman–Crippen LogP) is 3.07. The lowest BCUT2D eigenvalue weighted by molar-refractivity contribution is -0.122. The van der Waals surface area contributed by atoms with Crippen molar-refractivity contribution in [1.82, 2.24) is 30.4 Å². The van der Waals surface area contributed by atoms with Gasteiger partial charge in [0, 0.05) is 53.8 Å². The molecule has 0 radical (unpaired) electrons. The third-order valence-corrected chi connectivity index (χ3v) is 6.52. The number of nitrogens with one attached hydrogen (secondary N) is 3. The molecule has 0 aliphatic carbocycles. The Hall–Kier alpha value is -4.86. The molecular formula is C28H28N6O4. The normalized spacial score (nSPS) is 11.9. The van der Waals surface area contributed by atoms with Crippen molar-refractivity contribution < 1.29 is 19.1 Å². The number of carbonyl (C=O) groups is 2. The molecule has 0 saturated carbocycles. The average molecular weight is 513 g/mol. The molecule has 3 aromatic heterocycles. The van der Waals surface area contributed by atoms with Crippen LogP contribution in [0.3, 0.4) is 0 Å². The Morgan fingerprint density at radius 1 is 1.05 bits per heavy atom. The van der Waals surface area contributed by atoms with E-state index >= 15 is 0 Å². The van der Waals surface area contributed by atoms with Crippen LogP contribution >= 0.6 is 0 Å². The summed E-state index contributed by atoms with van der Waals surface area (Å²) < 4.78 is 12.5. The van der Waals surface area contributed by atoms with Crippen molar-refractivity contribution in [1.29, 1.82) is 0 Å². The zero-order valence-corrected chi connectivity index (χ0v) is 21.3. The highest BCUT2D eigenvalue weighted by Crippen LogP contribution is 2.26. The van der Waals surface area contributed by atoms with E-state index in [9.17, 15) is 9.59 Å². The molecule has 5 rings (SSSR count). The van der Waals surface area contributed by atoms with Crippen LogP contribution in [0.5, 0.6) is 11.5 Å². The first-order chi connectivity index (χ1) is 18.5. The lowest BCUT2D eigenvalue weighted by Gasteiger charge is -2.17. The van der Waals surface area contributed by atoms with Crippen molar-refractivity contribution in [3.63, 3.8) is 0 Å². The molecule has 2 aromatic carbocycles. The Labute approximate surface area is 219 Å². The van der Waals surface area contributed by atoms with Gasteiger partial charge in [0.25, 0.3) is 5.91 Å². The molecule has 5 aromatic rings. The van der Waals surface area contributed by atoms with Gasteiger partial charge in [0.2, 0.25) is 5.91 Å². The summed E-state index contributed by atoms with van der Waals surface area (Å²) in [6.07, 6.45) is 5.37. The van der Waals surface area contributed by atoms with Crippen LogP contribution in [0, 0.1) is 0 Å². The van der Waals surface area contributed by atoms with Crippen LogP contribution in [0.1, 0.15) is 21.5 Å². The van der Waals surface area contributed by atoms with Gasteiger partial charge in [-0.25, -0.2) is 9.67 Å². The molecule has 3 heterocycles. The zero-order valence-electron chi connectivity index (χ0n) is 21.3. The van der Waals surface area contributed by atoms with Crippen molar-refractivity contribution in [3.8, 4) is 11.5 Å². The molecule has 0 bridgehead atoms. The number of nitrogens with zero attached hydrogens (tertiary/aromatic N) is 3. The van der Waals surface area contributed by atoms with E-state index in [0.29, 0.717) is 41.1 Å². The number of benzene rings is 2. The number of methoxy groups -OCH3 is 2.